The van der Waals surface area contributed by atoms with Crippen LogP contribution in [0.3, 0.4) is 0 Å². The summed E-state index contributed by atoms with van der Waals surface area (Å²) < 4.78 is 6.13. The molecule has 5 rings (SSSR count). The number of piperazine rings is 1. The Bertz CT molecular complexity index is 936. The zero-order chi connectivity index (χ0) is 18.2. The van der Waals surface area contributed by atoms with E-state index < -0.39 is 0 Å². The fourth-order valence-corrected chi connectivity index (χ4v) is 4.86. The van der Waals surface area contributed by atoms with Crippen molar-refractivity contribution >= 4 is 11.0 Å². The van der Waals surface area contributed by atoms with Crippen molar-refractivity contribution in [2.75, 3.05) is 26.2 Å². The SMILES string of the molecule is Cc1c(CN2CCN([C@H]3CCc4ccccc4C3)CC2)oc2ccccc12. The standard InChI is InChI=1S/C24H28N2O/c1-18-22-8-4-5-9-23(22)27-24(18)17-25-12-14-26(15-13-25)21-11-10-19-6-2-3-7-20(19)16-21/h2-9,21H,10-17H2,1H3/t21-/m0/s1. The second-order valence-corrected chi connectivity index (χ2v) is 8.12. The van der Waals surface area contributed by atoms with Crippen LogP contribution in [0.1, 0.15) is 28.9 Å². The van der Waals surface area contributed by atoms with Gasteiger partial charge >= 0.3 is 0 Å². The minimum absolute atomic E-state index is 0.718. The number of rotatable bonds is 3. The Morgan fingerprint density at radius 2 is 1.67 bits per heavy atom. The van der Waals surface area contributed by atoms with Crippen LogP contribution in [0.25, 0.3) is 11.0 Å². The summed E-state index contributed by atoms with van der Waals surface area (Å²) in [6, 6.07) is 18.1. The van der Waals surface area contributed by atoms with Gasteiger partial charge in [0, 0.05) is 37.6 Å². The maximum absolute atomic E-state index is 6.13. The second kappa shape index (κ2) is 7.14. The molecule has 0 radical (unpaired) electrons. The van der Waals surface area contributed by atoms with Gasteiger partial charge in [-0.3, -0.25) is 9.80 Å². The third-order valence-electron chi connectivity index (χ3n) is 6.55. The third-order valence-corrected chi connectivity index (χ3v) is 6.55. The van der Waals surface area contributed by atoms with E-state index in [9.17, 15) is 0 Å². The predicted molar refractivity (Wildman–Crippen MR) is 110 cm³/mol. The van der Waals surface area contributed by atoms with E-state index in [-0.39, 0.29) is 0 Å². The lowest BCUT2D eigenvalue weighted by atomic mass is 9.87. The van der Waals surface area contributed by atoms with E-state index in [1.54, 1.807) is 11.1 Å². The molecule has 140 valence electrons. The van der Waals surface area contributed by atoms with Gasteiger partial charge in [-0.05, 0) is 48.9 Å². The summed E-state index contributed by atoms with van der Waals surface area (Å²) in [5.74, 6) is 1.14. The van der Waals surface area contributed by atoms with E-state index in [0.29, 0.717) is 0 Å². The number of hydrogen-bond donors (Lipinski definition) is 0. The third kappa shape index (κ3) is 3.30. The molecule has 3 heteroatoms. The van der Waals surface area contributed by atoms with E-state index in [0.717, 1.165) is 37.0 Å². The molecule has 0 spiro atoms. The molecule has 2 aromatic carbocycles. The maximum Gasteiger partial charge on any atom is 0.134 e. The highest BCUT2D eigenvalue weighted by Gasteiger charge is 2.27. The Balaban J connectivity index is 1.21. The fourth-order valence-electron chi connectivity index (χ4n) is 4.86. The largest absolute Gasteiger partial charge is 0.459 e. The van der Waals surface area contributed by atoms with Crippen LogP contribution in [0.5, 0.6) is 0 Å². The summed E-state index contributed by atoms with van der Waals surface area (Å²) in [7, 11) is 0. The maximum atomic E-state index is 6.13. The molecule has 0 bridgehead atoms. The first-order chi connectivity index (χ1) is 13.3. The van der Waals surface area contributed by atoms with Crippen LogP contribution in [-0.2, 0) is 19.4 Å². The average molecular weight is 361 g/mol. The summed E-state index contributed by atoms with van der Waals surface area (Å²) >= 11 is 0. The molecule has 0 N–H and O–H groups in total. The number of fused-ring (bicyclic) bond motifs is 2. The molecule has 2 aliphatic rings. The van der Waals surface area contributed by atoms with Crippen LogP contribution < -0.4 is 0 Å². The Labute approximate surface area is 161 Å². The van der Waals surface area contributed by atoms with Crippen molar-refractivity contribution in [3.05, 3.63) is 71.0 Å². The van der Waals surface area contributed by atoms with Gasteiger partial charge < -0.3 is 4.42 Å². The normalized spacial score (nSPS) is 21.4. The number of hydrogen-bond acceptors (Lipinski definition) is 3. The van der Waals surface area contributed by atoms with Crippen LogP contribution in [0, 0.1) is 6.92 Å². The molecular weight excluding hydrogens is 332 g/mol. The van der Waals surface area contributed by atoms with Crippen molar-refractivity contribution < 1.29 is 4.42 Å². The molecule has 1 aliphatic heterocycles. The Hall–Kier alpha value is -2.10. The molecule has 27 heavy (non-hydrogen) atoms. The Morgan fingerprint density at radius 3 is 2.48 bits per heavy atom. The first kappa shape index (κ1) is 17.0. The van der Waals surface area contributed by atoms with Gasteiger partial charge in [0.1, 0.15) is 11.3 Å². The van der Waals surface area contributed by atoms with Crippen LogP contribution in [0.4, 0.5) is 0 Å². The highest BCUT2D eigenvalue weighted by Crippen LogP contribution is 2.28. The lowest BCUT2D eigenvalue weighted by Gasteiger charge is -2.41. The lowest BCUT2D eigenvalue weighted by molar-refractivity contribution is 0.0820. The minimum atomic E-state index is 0.718. The highest BCUT2D eigenvalue weighted by molar-refractivity contribution is 5.81. The number of aryl methyl sites for hydroxylation is 2. The fraction of sp³-hybridized carbons (Fsp3) is 0.417. The molecule has 0 amide bonds. The average Bonchev–Trinajstić information content (AvgIpc) is 3.04. The molecule has 1 atom stereocenters. The van der Waals surface area contributed by atoms with Crippen molar-refractivity contribution in [3.8, 4) is 0 Å². The van der Waals surface area contributed by atoms with E-state index in [1.807, 2.05) is 0 Å². The first-order valence-electron chi connectivity index (χ1n) is 10.3. The van der Waals surface area contributed by atoms with Crippen LogP contribution in [0.2, 0.25) is 0 Å². The quantitative estimate of drug-likeness (QED) is 0.689. The minimum Gasteiger partial charge on any atom is -0.459 e. The molecule has 0 unspecified atom stereocenters. The Morgan fingerprint density at radius 1 is 0.926 bits per heavy atom. The van der Waals surface area contributed by atoms with Crippen molar-refractivity contribution in [2.45, 2.75) is 38.8 Å². The first-order valence-corrected chi connectivity index (χ1v) is 10.3. The molecule has 1 fully saturated rings. The van der Waals surface area contributed by atoms with Crippen molar-refractivity contribution in [2.24, 2.45) is 0 Å². The molecule has 3 aromatic rings. The van der Waals surface area contributed by atoms with E-state index >= 15 is 0 Å². The van der Waals surface area contributed by atoms with Crippen LogP contribution in [-0.4, -0.2) is 42.0 Å². The van der Waals surface area contributed by atoms with Gasteiger partial charge in [0.15, 0.2) is 0 Å². The van der Waals surface area contributed by atoms with Crippen LogP contribution in [0.15, 0.2) is 52.9 Å². The number of nitrogens with zero attached hydrogens (tertiary/aromatic N) is 2. The molecule has 0 saturated carbocycles. The van der Waals surface area contributed by atoms with Crippen LogP contribution >= 0.6 is 0 Å². The zero-order valence-electron chi connectivity index (χ0n) is 16.2. The van der Waals surface area contributed by atoms with Gasteiger partial charge in [0.2, 0.25) is 0 Å². The lowest BCUT2D eigenvalue weighted by Crippen LogP contribution is -2.51. The van der Waals surface area contributed by atoms with Crippen molar-refractivity contribution in [3.63, 3.8) is 0 Å². The van der Waals surface area contributed by atoms with Gasteiger partial charge in [-0.1, -0.05) is 42.5 Å². The van der Waals surface area contributed by atoms with E-state index in [1.165, 1.54) is 43.3 Å². The number of benzene rings is 2. The number of furan rings is 1. The summed E-state index contributed by atoms with van der Waals surface area (Å²) in [6.45, 7) is 7.74. The van der Waals surface area contributed by atoms with Gasteiger partial charge in [-0.25, -0.2) is 0 Å². The number of para-hydroxylation sites is 1. The van der Waals surface area contributed by atoms with E-state index in [4.69, 9.17) is 4.42 Å². The van der Waals surface area contributed by atoms with Gasteiger partial charge in [0.05, 0.1) is 6.54 Å². The molecule has 3 nitrogen and oxygen atoms in total. The van der Waals surface area contributed by atoms with E-state index in [2.05, 4.69) is 65.3 Å². The molecular formula is C24H28N2O. The monoisotopic (exact) mass is 360 g/mol. The van der Waals surface area contributed by atoms with Crippen molar-refractivity contribution in [1.29, 1.82) is 0 Å². The summed E-state index contributed by atoms with van der Waals surface area (Å²) in [5.41, 5.74) is 5.45. The van der Waals surface area contributed by atoms with Gasteiger partial charge in [-0.15, -0.1) is 0 Å². The Kier molecular flexibility index (Phi) is 4.50. The molecule has 1 saturated heterocycles. The summed E-state index contributed by atoms with van der Waals surface area (Å²) in [6.07, 6.45) is 3.76. The van der Waals surface area contributed by atoms with Gasteiger partial charge in [-0.2, -0.15) is 0 Å². The molecule has 1 aliphatic carbocycles. The predicted octanol–water partition coefficient (Wildman–Crippen LogP) is 4.42. The zero-order valence-corrected chi connectivity index (χ0v) is 16.2. The second-order valence-electron chi connectivity index (χ2n) is 8.12. The summed E-state index contributed by atoms with van der Waals surface area (Å²) in [5, 5.41) is 1.26. The summed E-state index contributed by atoms with van der Waals surface area (Å²) in [4.78, 5) is 5.27. The smallest absolute Gasteiger partial charge is 0.134 e. The molecule has 2 heterocycles. The topological polar surface area (TPSA) is 19.6 Å². The van der Waals surface area contributed by atoms with Crippen molar-refractivity contribution in [1.82, 2.24) is 9.80 Å². The molecule has 1 aromatic heterocycles. The van der Waals surface area contributed by atoms with Gasteiger partial charge in [0.25, 0.3) is 0 Å². The highest BCUT2D eigenvalue weighted by atomic mass is 16.3.